The van der Waals surface area contributed by atoms with Crippen LogP contribution in [0.5, 0.6) is 0 Å². The quantitative estimate of drug-likeness (QED) is 0.614. The summed E-state index contributed by atoms with van der Waals surface area (Å²) in [6, 6.07) is 8.05. The maximum absolute atomic E-state index is 5.70. The van der Waals surface area contributed by atoms with Crippen LogP contribution in [0.15, 0.2) is 41.2 Å². The summed E-state index contributed by atoms with van der Waals surface area (Å²) in [5, 5.41) is 2.15. The third kappa shape index (κ3) is 1.78. The average molecular weight is 172 g/mol. The van der Waals surface area contributed by atoms with Gasteiger partial charge in [-0.05, 0) is 30.2 Å². The van der Waals surface area contributed by atoms with E-state index in [0.29, 0.717) is 5.82 Å². The molecule has 13 heavy (non-hydrogen) atoms. The Morgan fingerprint density at radius 3 is 2.77 bits per heavy atom. The van der Waals surface area contributed by atoms with Gasteiger partial charge in [0.25, 0.3) is 0 Å². The van der Waals surface area contributed by atoms with E-state index in [1.807, 2.05) is 24.3 Å². The van der Waals surface area contributed by atoms with E-state index in [4.69, 9.17) is 5.73 Å². The van der Waals surface area contributed by atoms with Crippen LogP contribution in [0.25, 0.3) is 6.08 Å². The van der Waals surface area contributed by atoms with Crippen molar-refractivity contribution < 1.29 is 0 Å². The molecule has 0 fully saturated rings. The first-order chi connectivity index (χ1) is 6.36. The molecule has 2 N–H and O–H groups in total. The van der Waals surface area contributed by atoms with Crippen molar-refractivity contribution >= 4 is 6.08 Å². The summed E-state index contributed by atoms with van der Waals surface area (Å²) in [4.78, 5) is 4.31. The Morgan fingerprint density at radius 1 is 1.08 bits per heavy atom. The lowest BCUT2D eigenvalue weighted by molar-refractivity contribution is 1.02. The average Bonchev–Trinajstić information content (AvgIpc) is 2.11. The Labute approximate surface area is 77.1 Å². The van der Waals surface area contributed by atoms with Gasteiger partial charge in [0.2, 0.25) is 0 Å². The van der Waals surface area contributed by atoms with Crippen LogP contribution in [0.1, 0.15) is 12.8 Å². The number of fused-ring (bicyclic) bond motifs is 1. The lowest BCUT2D eigenvalue weighted by Crippen LogP contribution is -2.25. The van der Waals surface area contributed by atoms with Gasteiger partial charge in [-0.2, -0.15) is 0 Å². The van der Waals surface area contributed by atoms with Gasteiger partial charge in [0.05, 0.1) is 5.36 Å². The highest BCUT2D eigenvalue weighted by Crippen LogP contribution is 1.97. The van der Waals surface area contributed by atoms with Crippen molar-refractivity contribution in [2.75, 3.05) is 0 Å². The van der Waals surface area contributed by atoms with Gasteiger partial charge < -0.3 is 5.73 Å². The molecule has 0 spiro atoms. The maximum atomic E-state index is 5.70. The highest BCUT2D eigenvalue weighted by atomic mass is 14.9. The van der Waals surface area contributed by atoms with E-state index in [-0.39, 0.29) is 0 Å². The smallest absolute Gasteiger partial charge is 0.119 e. The standard InChI is InChI=1S/C11H12N2/c12-11-8-4-2-6-9-5-1-3-7-10(9)13-11/h1,3,5-8H,2,4,12H2/b9-6-,11-8-,13-10-. The van der Waals surface area contributed by atoms with Gasteiger partial charge in [-0.3, -0.25) is 0 Å². The maximum Gasteiger partial charge on any atom is 0.119 e. The Kier molecular flexibility index (Phi) is 2.13. The lowest BCUT2D eigenvalue weighted by Gasteiger charge is -1.97. The van der Waals surface area contributed by atoms with Crippen molar-refractivity contribution in [2.45, 2.75) is 12.8 Å². The molecular weight excluding hydrogens is 160 g/mol. The van der Waals surface area contributed by atoms with E-state index in [1.165, 1.54) is 5.22 Å². The van der Waals surface area contributed by atoms with Crippen molar-refractivity contribution in [3.8, 4) is 0 Å². The first kappa shape index (κ1) is 8.05. The van der Waals surface area contributed by atoms with Crippen LogP contribution < -0.4 is 16.3 Å². The fourth-order valence-electron chi connectivity index (χ4n) is 1.42. The van der Waals surface area contributed by atoms with Crippen molar-refractivity contribution in [1.82, 2.24) is 0 Å². The fourth-order valence-corrected chi connectivity index (χ4v) is 1.42. The number of rotatable bonds is 0. The zero-order valence-electron chi connectivity index (χ0n) is 7.40. The summed E-state index contributed by atoms with van der Waals surface area (Å²) in [5.41, 5.74) is 5.70. The van der Waals surface area contributed by atoms with Crippen LogP contribution >= 0.6 is 0 Å². The molecule has 0 radical (unpaired) electrons. The molecule has 0 amide bonds. The molecule has 0 saturated carbocycles. The van der Waals surface area contributed by atoms with E-state index >= 15 is 0 Å². The van der Waals surface area contributed by atoms with E-state index < -0.39 is 0 Å². The number of benzene rings is 1. The third-order valence-electron chi connectivity index (χ3n) is 2.07. The number of allylic oxidation sites excluding steroid dienone is 1. The number of nitrogens with zero attached hydrogens (tertiary/aromatic N) is 1. The largest absolute Gasteiger partial charge is 0.384 e. The van der Waals surface area contributed by atoms with Gasteiger partial charge in [-0.15, -0.1) is 0 Å². The van der Waals surface area contributed by atoms with Crippen molar-refractivity contribution in [3.63, 3.8) is 0 Å². The van der Waals surface area contributed by atoms with Gasteiger partial charge in [-0.1, -0.05) is 24.3 Å². The number of para-hydroxylation sites is 1. The Bertz CT molecular complexity index is 443. The second-order valence-electron chi connectivity index (χ2n) is 3.08. The van der Waals surface area contributed by atoms with Gasteiger partial charge >= 0.3 is 0 Å². The molecule has 1 aliphatic heterocycles. The molecule has 0 bridgehead atoms. The SMILES string of the molecule is NC1=C\CC/C=c2/cccc/c2=N/1. The molecule has 0 unspecified atom stereocenters. The van der Waals surface area contributed by atoms with Crippen molar-refractivity contribution in [2.24, 2.45) is 10.7 Å². The first-order valence-corrected chi connectivity index (χ1v) is 4.46. The van der Waals surface area contributed by atoms with Crippen LogP contribution in [0.4, 0.5) is 0 Å². The molecule has 66 valence electrons. The van der Waals surface area contributed by atoms with E-state index in [2.05, 4.69) is 17.1 Å². The summed E-state index contributed by atoms with van der Waals surface area (Å²) in [5.74, 6) is 0.626. The summed E-state index contributed by atoms with van der Waals surface area (Å²) in [6.07, 6.45) is 6.17. The number of hydrogen-bond acceptors (Lipinski definition) is 2. The van der Waals surface area contributed by atoms with E-state index in [1.54, 1.807) is 0 Å². The Hall–Kier alpha value is -1.57. The molecule has 1 aromatic carbocycles. The highest BCUT2D eigenvalue weighted by molar-refractivity contribution is 5.25. The predicted octanol–water partition coefficient (Wildman–Crippen LogP) is 0.681. The molecule has 0 saturated heterocycles. The summed E-state index contributed by atoms with van der Waals surface area (Å²) >= 11 is 0. The van der Waals surface area contributed by atoms with Gasteiger partial charge in [0.1, 0.15) is 5.82 Å². The van der Waals surface area contributed by atoms with Gasteiger partial charge in [0.15, 0.2) is 0 Å². The molecular formula is C11H12N2. The van der Waals surface area contributed by atoms with Crippen molar-refractivity contribution in [3.05, 3.63) is 46.7 Å². The van der Waals surface area contributed by atoms with Crippen LogP contribution in [-0.4, -0.2) is 0 Å². The minimum absolute atomic E-state index is 0.626. The van der Waals surface area contributed by atoms with Crippen molar-refractivity contribution in [1.29, 1.82) is 0 Å². The van der Waals surface area contributed by atoms with Crippen LogP contribution in [0.2, 0.25) is 0 Å². The van der Waals surface area contributed by atoms with E-state index in [0.717, 1.165) is 18.2 Å². The minimum atomic E-state index is 0.626. The summed E-state index contributed by atoms with van der Waals surface area (Å²) in [7, 11) is 0. The summed E-state index contributed by atoms with van der Waals surface area (Å²) in [6.45, 7) is 0. The Morgan fingerprint density at radius 2 is 1.85 bits per heavy atom. The van der Waals surface area contributed by atoms with Crippen LogP contribution in [0.3, 0.4) is 0 Å². The Balaban J connectivity index is 2.71. The third-order valence-corrected chi connectivity index (χ3v) is 2.07. The molecule has 1 heterocycles. The van der Waals surface area contributed by atoms with Gasteiger partial charge in [0, 0.05) is 0 Å². The van der Waals surface area contributed by atoms with Crippen LogP contribution in [0, 0.1) is 0 Å². The minimum Gasteiger partial charge on any atom is -0.384 e. The molecule has 0 atom stereocenters. The monoisotopic (exact) mass is 172 g/mol. The predicted molar refractivity (Wildman–Crippen MR) is 53.2 cm³/mol. The molecule has 2 nitrogen and oxygen atoms in total. The zero-order valence-corrected chi connectivity index (χ0v) is 7.40. The fraction of sp³-hybridized carbons (Fsp3) is 0.182. The number of hydrogen-bond donors (Lipinski definition) is 1. The highest BCUT2D eigenvalue weighted by Gasteiger charge is 1.91. The molecule has 2 heteroatoms. The van der Waals surface area contributed by atoms with E-state index in [9.17, 15) is 0 Å². The first-order valence-electron chi connectivity index (χ1n) is 4.46. The lowest BCUT2D eigenvalue weighted by atomic mass is 10.2. The zero-order chi connectivity index (χ0) is 9.10. The molecule has 2 rings (SSSR count). The normalized spacial score (nSPS) is 24.8. The number of nitrogens with two attached hydrogens (primary N) is 1. The molecule has 1 aromatic rings. The molecule has 1 aliphatic rings. The summed E-state index contributed by atoms with van der Waals surface area (Å²) < 4.78 is 0. The molecule has 0 aliphatic carbocycles. The molecule has 0 aromatic heterocycles. The second-order valence-corrected chi connectivity index (χ2v) is 3.08. The van der Waals surface area contributed by atoms with Crippen LogP contribution in [-0.2, 0) is 0 Å². The van der Waals surface area contributed by atoms with Gasteiger partial charge in [-0.25, -0.2) is 4.99 Å². The second kappa shape index (κ2) is 3.44. The topological polar surface area (TPSA) is 38.4 Å².